The number of amides is 4. The molecule has 1 aliphatic rings. The molecule has 124 valence electrons. The number of hydrogen-bond acceptors (Lipinski definition) is 4. The molecule has 0 aliphatic carbocycles. The van der Waals surface area contributed by atoms with Crippen LogP contribution in [0.4, 0.5) is 18.0 Å². The fourth-order valence-corrected chi connectivity index (χ4v) is 2.06. The number of methoxy groups -OCH3 is 1. The van der Waals surface area contributed by atoms with Crippen LogP contribution < -0.4 is 15.4 Å². The minimum Gasteiger partial charge on any atom is -0.496 e. The summed E-state index contributed by atoms with van der Waals surface area (Å²) in [5.74, 6) is -2.82. The van der Waals surface area contributed by atoms with E-state index in [4.69, 9.17) is 4.74 Å². The number of para-hydroxylation sites is 1. The molecule has 1 saturated heterocycles. The largest absolute Gasteiger partial charge is 0.496 e. The number of nitrogens with one attached hydrogen (secondary N) is 2. The Bertz CT molecular complexity index is 677. The summed E-state index contributed by atoms with van der Waals surface area (Å²) in [6.45, 7) is 0. The van der Waals surface area contributed by atoms with Crippen LogP contribution in [-0.4, -0.2) is 48.7 Å². The molecule has 2 rings (SSSR count). The van der Waals surface area contributed by atoms with E-state index in [1.165, 1.54) is 36.7 Å². The third-order valence-corrected chi connectivity index (χ3v) is 3.30. The lowest BCUT2D eigenvalue weighted by Gasteiger charge is -2.29. The summed E-state index contributed by atoms with van der Waals surface area (Å²) in [6, 6.07) is 4.26. The van der Waals surface area contributed by atoms with Crippen LogP contribution in [0.25, 0.3) is 0 Å². The van der Waals surface area contributed by atoms with Crippen LogP contribution in [0.1, 0.15) is 10.4 Å². The number of benzene rings is 1. The van der Waals surface area contributed by atoms with Crippen LogP contribution in [0, 0.1) is 0 Å². The average Bonchev–Trinajstić information content (AvgIpc) is 2.71. The van der Waals surface area contributed by atoms with Gasteiger partial charge in [0.1, 0.15) is 5.75 Å². The topological polar surface area (TPSA) is 87.7 Å². The second-order valence-electron chi connectivity index (χ2n) is 4.70. The maximum Gasteiger partial charge on any atom is 0.440 e. The highest BCUT2D eigenvalue weighted by Crippen LogP contribution is 2.33. The van der Waals surface area contributed by atoms with Crippen LogP contribution >= 0.6 is 0 Å². The standard InChI is InChI=1S/C13H12F3N3O4/c1-19-10(21)12(13(14,15)16,18-11(19)22)17-9(20)7-5-3-4-6-8(7)23-2/h3-6H,1-2H3,(H,17,20)(H,18,22). The van der Waals surface area contributed by atoms with E-state index in [1.807, 2.05) is 0 Å². The molecule has 7 nitrogen and oxygen atoms in total. The molecule has 1 atom stereocenters. The zero-order valence-corrected chi connectivity index (χ0v) is 12.0. The molecule has 1 unspecified atom stereocenters. The summed E-state index contributed by atoms with van der Waals surface area (Å²) >= 11 is 0. The quantitative estimate of drug-likeness (QED) is 0.805. The van der Waals surface area contributed by atoms with E-state index < -0.39 is 29.7 Å². The highest BCUT2D eigenvalue weighted by molar-refractivity contribution is 6.10. The summed E-state index contributed by atoms with van der Waals surface area (Å²) in [5, 5.41) is 3.05. The number of alkyl halides is 3. The molecule has 4 amide bonds. The lowest BCUT2D eigenvalue weighted by atomic mass is 10.1. The van der Waals surface area contributed by atoms with Crippen molar-refractivity contribution < 1.29 is 32.3 Å². The van der Waals surface area contributed by atoms with Crippen molar-refractivity contribution in [3.63, 3.8) is 0 Å². The van der Waals surface area contributed by atoms with Gasteiger partial charge in [-0.15, -0.1) is 0 Å². The second-order valence-corrected chi connectivity index (χ2v) is 4.70. The fraction of sp³-hybridized carbons (Fsp3) is 0.308. The van der Waals surface area contributed by atoms with E-state index in [9.17, 15) is 27.6 Å². The molecule has 2 N–H and O–H groups in total. The van der Waals surface area contributed by atoms with E-state index in [2.05, 4.69) is 0 Å². The maximum atomic E-state index is 13.4. The number of imide groups is 1. The number of likely N-dealkylation sites (N-methyl/N-ethyl adjacent to an activating group) is 1. The summed E-state index contributed by atoms with van der Waals surface area (Å²) in [4.78, 5) is 35.7. The zero-order chi connectivity index (χ0) is 17.4. The SMILES string of the molecule is COc1ccccc1C(=O)NC1(C(F)(F)F)NC(=O)N(C)C1=O. The van der Waals surface area contributed by atoms with Crippen LogP contribution in [-0.2, 0) is 4.79 Å². The number of nitrogens with zero attached hydrogens (tertiary/aromatic N) is 1. The van der Waals surface area contributed by atoms with Gasteiger partial charge < -0.3 is 10.1 Å². The molecular weight excluding hydrogens is 319 g/mol. The molecular formula is C13H12F3N3O4. The fourth-order valence-electron chi connectivity index (χ4n) is 2.06. The second kappa shape index (κ2) is 5.45. The van der Waals surface area contributed by atoms with Crippen molar-refractivity contribution in [3.05, 3.63) is 29.8 Å². The first kappa shape index (κ1) is 16.6. The van der Waals surface area contributed by atoms with Crippen molar-refractivity contribution >= 4 is 17.8 Å². The van der Waals surface area contributed by atoms with Crippen molar-refractivity contribution in [2.75, 3.05) is 14.2 Å². The summed E-state index contributed by atoms with van der Waals surface area (Å²) in [7, 11) is 2.11. The molecule has 0 saturated carbocycles. The first-order valence-corrected chi connectivity index (χ1v) is 6.26. The molecule has 1 aliphatic heterocycles. The van der Waals surface area contributed by atoms with Crippen LogP contribution in [0.3, 0.4) is 0 Å². The minimum atomic E-state index is -5.23. The summed E-state index contributed by atoms with van der Waals surface area (Å²) in [5.41, 5.74) is -3.73. The third-order valence-electron chi connectivity index (χ3n) is 3.30. The van der Waals surface area contributed by atoms with Gasteiger partial charge in [-0.3, -0.25) is 19.8 Å². The molecule has 0 aromatic heterocycles. The van der Waals surface area contributed by atoms with E-state index in [0.29, 0.717) is 0 Å². The lowest BCUT2D eigenvalue weighted by Crippen LogP contribution is -2.69. The van der Waals surface area contributed by atoms with Gasteiger partial charge in [-0.05, 0) is 12.1 Å². The first-order valence-electron chi connectivity index (χ1n) is 6.26. The average molecular weight is 331 g/mol. The van der Waals surface area contributed by atoms with E-state index in [1.54, 1.807) is 5.32 Å². The summed E-state index contributed by atoms with van der Waals surface area (Å²) < 4.78 is 45.0. The van der Waals surface area contributed by atoms with Gasteiger partial charge in [0.25, 0.3) is 17.5 Å². The Morgan fingerprint density at radius 1 is 1.30 bits per heavy atom. The smallest absolute Gasteiger partial charge is 0.440 e. The first-order chi connectivity index (χ1) is 10.6. The van der Waals surface area contributed by atoms with E-state index >= 15 is 0 Å². The predicted octanol–water partition coefficient (Wildman–Crippen LogP) is 0.865. The van der Waals surface area contributed by atoms with Gasteiger partial charge in [-0.1, -0.05) is 12.1 Å². The molecule has 0 spiro atoms. The number of ether oxygens (including phenoxy) is 1. The maximum absolute atomic E-state index is 13.4. The van der Waals surface area contributed by atoms with Crippen LogP contribution in [0.5, 0.6) is 5.75 Å². The van der Waals surface area contributed by atoms with Crippen molar-refractivity contribution in [1.82, 2.24) is 15.5 Å². The molecule has 10 heteroatoms. The predicted molar refractivity (Wildman–Crippen MR) is 70.5 cm³/mol. The van der Waals surface area contributed by atoms with Gasteiger partial charge in [0.05, 0.1) is 12.7 Å². The van der Waals surface area contributed by atoms with Gasteiger partial charge in [0.15, 0.2) is 0 Å². The third kappa shape index (κ3) is 2.56. The zero-order valence-electron chi connectivity index (χ0n) is 12.0. The summed E-state index contributed by atoms with van der Waals surface area (Å²) in [6.07, 6.45) is -5.23. The highest BCUT2D eigenvalue weighted by atomic mass is 19.4. The van der Waals surface area contributed by atoms with Gasteiger partial charge in [-0.25, -0.2) is 4.79 Å². The normalized spacial score (nSPS) is 21.2. The van der Waals surface area contributed by atoms with E-state index in [0.717, 1.165) is 7.05 Å². The Balaban J connectivity index is 2.43. The van der Waals surface area contributed by atoms with Crippen LogP contribution in [0.15, 0.2) is 24.3 Å². The monoisotopic (exact) mass is 331 g/mol. The number of carbonyl (C=O) groups is 3. The number of rotatable bonds is 3. The molecule has 1 aromatic rings. The number of hydrogen-bond donors (Lipinski definition) is 2. The molecule has 1 aromatic carbocycles. The highest BCUT2D eigenvalue weighted by Gasteiger charge is 2.68. The van der Waals surface area contributed by atoms with Gasteiger partial charge in [0, 0.05) is 7.05 Å². The molecule has 1 fully saturated rings. The molecule has 0 bridgehead atoms. The molecule has 23 heavy (non-hydrogen) atoms. The van der Waals surface area contributed by atoms with Crippen molar-refractivity contribution in [3.8, 4) is 5.75 Å². The van der Waals surface area contributed by atoms with Crippen molar-refractivity contribution in [1.29, 1.82) is 0 Å². The Kier molecular flexibility index (Phi) is 3.93. The van der Waals surface area contributed by atoms with Gasteiger partial charge in [0.2, 0.25) is 0 Å². The lowest BCUT2D eigenvalue weighted by molar-refractivity contribution is -0.199. The molecule has 0 radical (unpaired) electrons. The van der Waals surface area contributed by atoms with Gasteiger partial charge >= 0.3 is 12.2 Å². The molecule has 1 heterocycles. The Morgan fingerprint density at radius 2 is 1.91 bits per heavy atom. The van der Waals surface area contributed by atoms with Gasteiger partial charge in [-0.2, -0.15) is 13.2 Å². The van der Waals surface area contributed by atoms with Crippen LogP contribution in [0.2, 0.25) is 0 Å². The Labute approximate surface area is 128 Å². The Morgan fingerprint density at radius 3 is 2.39 bits per heavy atom. The minimum absolute atomic E-state index is 0.0208. The number of halogens is 3. The van der Waals surface area contributed by atoms with E-state index in [-0.39, 0.29) is 16.2 Å². The Hall–Kier alpha value is -2.78. The van der Waals surface area contributed by atoms with Crippen molar-refractivity contribution in [2.24, 2.45) is 0 Å². The number of carbonyl (C=O) groups excluding carboxylic acids is 3. The van der Waals surface area contributed by atoms with Crippen molar-refractivity contribution in [2.45, 2.75) is 11.8 Å². The number of urea groups is 1.